The third-order valence-electron chi connectivity index (χ3n) is 5.84. The van der Waals surface area contributed by atoms with Gasteiger partial charge in [0.2, 0.25) is 11.8 Å². The second-order valence-corrected chi connectivity index (χ2v) is 10.5. The van der Waals surface area contributed by atoms with Gasteiger partial charge in [-0.15, -0.1) is 0 Å². The van der Waals surface area contributed by atoms with Crippen molar-refractivity contribution in [1.29, 1.82) is 0 Å². The molecule has 0 aromatic heterocycles. The summed E-state index contributed by atoms with van der Waals surface area (Å²) < 4.78 is 5.30. The fourth-order valence-electron chi connectivity index (χ4n) is 4.00. The molecule has 0 fully saturated rings. The van der Waals surface area contributed by atoms with E-state index in [-0.39, 0.29) is 0 Å². The molecule has 2 aromatic rings. The minimum Gasteiger partial charge on any atom is -0.444 e. The summed E-state index contributed by atoms with van der Waals surface area (Å²) in [7, 11) is 0. The number of nitrogens with one attached hydrogen (secondary N) is 2. The molecule has 0 saturated heterocycles. The van der Waals surface area contributed by atoms with Crippen molar-refractivity contribution in [2.45, 2.75) is 85.0 Å². The molecule has 2 aromatic carbocycles. The monoisotopic (exact) mass is 524 g/mol. The summed E-state index contributed by atoms with van der Waals surface area (Å²) in [5.74, 6) is -1.84. The standard InChI is InChI=1S/C29H40N4O5/c1-8-20-13-15-21(16-14-20)25(26(35)31-22-12-10-9-11-19(22)4)33(18(2)3)27(36)23(17-24(30)34)32-28(37)38-29(5,6)7/h9-16,18,23,25H,8,17H2,1-7H3,(H2,30,34)(H,31,35)(H,32,37). The maximum atomic E-state index is 14.0. The fraction of sp³-hybridized carbons (Fsp3) is 0.448. The summed E-state index contributed by atoms with van der Waals surface area (Å²) in [6.45, 7) is 12.5. The molecule has 0 aliphatic rings. The topological polar surface area (TPSA) is 131 Å². The third kappa shape index (κ3) is 8.61. The van der Waals surface area contributed by atoms with Gasteiger partial charge < -0.3 is 26.0 Å². The Kier molecular flexibility index (Phi) is 10.4. The molecule has 0 heterocycles. The Morgan fingerprint density at radius 2 is 1.61 bits per heavy atom. The quantitative estimate of drug-likeness (QED) is 0.428. The van der Waals surface area contributed by atoms with Crippen molar-refractivity contribution in [2.24, 2.45) is 5.73 Å². The normalized spacial score (nSPS) is 12.8. The zero-order chi connectivity index (χ0) is 28.6. The highest BCUT2D eigenvalue weighted by molar-refractivity contribution is 6.00. The van der Waals surface area contributed by atoms with Crippen molar-refractivity contribution in [3.63, 3.8) is 0 Å². The van der Waals surface area contributed by atoms with Crippen LogP contribution in [0.1, 0.15) is 70.7 Å². The molecule has 2 rings (SSSR count). The molecule has 4 N–H and O–H groups in total. The van der Waals surface area contributed by atoms with Crippen LogP contribution in [-0.2, 0) is 25.5 Å². The molecule has 0 aliphatic heterocycles. The van der Waals surface area contributed by atoms with Gasteiger partial charge in [0, 0.05) is 11.7 Å². The molecule has 0 radical (unpaired) electrons. The number of aryl methyl sites for hydroxylation is 2. The average molecular weight is 525 g/mol. The molecule has 4 amide bonds. The van der Waals surface area contributed by atoms with Crippen LogP contribution in [0.4, 0.5) is 10.5 Å². The number of nitrogens with two attached hydrogens (primary N) is 1. The first-order chi connectivity index (χ1) is 17.7. The van der Waals surface area contributed by atoms with Crippen molar-refractivity contribution in [1.82, 2.24) is 10.2 Å². The number of alkyl carbamates (subject to hydrolysis) is 1. The fourth-order valence-corrected chi connectivity index (χ4v) is 4.00. The molecule has 38 heavy (non-hydrogen) atoms. The van der Waals surface area contributed by atoms with Crippen molar-refractivity contribution < 1.29 is 23.9 Å². The predicted molar refractivity (Wildman–Crippen MR) is 147 cm³/mol. The summed E-state index contributed by atoms with van der Waals surface area (Å²) in [4.78, 5) is 53.6. The van der Waals surface area contributed by atoms with Crippen LogP contribution in [0.3, 0.4) is 0 Å². The van der Waals surface area contributed by atoms with Gasteiger partial charge in [-0.3, -0.25) is 14.4 Å². The number of primary amides is 1. The van der Waals surface area contributed by atoms with Crippen LogP contribution in [0.25, 0.3) is 0 Å². The molecule has 206 valence electrons. The van der Waals surface area contributed by atoms with Crippen LogP contribution in [0.15, 0.2) is 48.5 Å². The molecule has 9 nitrogen and oxygen atoms in total. The first-order valence-corrected chi connectivity index (χ1v) is 12.8. The van der Waals surface area contributed by atoms with Crippen LogP contribution in [0, 0.1) is 6.92 Å². The van der Waals surface area contributed by atoms with Gasteiger partial charge in [0.25, 0.3) is 5.91 Å². The molecule has 0 saturated carbocycles. The first-order valence-electron chi connectivity index (χ1n) is 12.8. The molecule has 9 heteroatoms. The maximum Gasteiger partial charge on any atom is 0.408 e. The summed E-state index contributed by atoms with van der Waals surface area (Å²) in [6, 6.07) is 11.9. The Balaban J connectivity index is 2.54. The average Bonchev–Trinajstić information content (AvgIpc) is 2.81. The Morgan fingerprint density at radius 3 is 2.11 bits per heavy atom. The van der Waals surface area contributed by atoms with Gasteiger partial charge in [0.05, 0.1) is 6.42 Å². The molecular weight excluding hydrogens is 484 g/mol. The highest BCUT2D eigenvalue weighted by Crippen LogP contribution is 2.28. The number of carbonyl (C=O) groups excluding carboxylic acids is 4. The number of benzene rings is 2. The Labute approximate surface area is 225 Å². The Hall–Kier alpha value is -3.88. The SMILES string of the molecule is CCc1ccc(C(C(=O)Nc2ccccc2C)N(C(=O)C(CC(N)=O)NC(=O)OC(C)(C)C)C(C)C)cc1. The zero-order valence-corrected chi connectivity index (χ0v) is 23.3. The minimum atomic E-state index is -1.33. The van der Waals surface area contributed by atoms with Gasteiger partial charge in [-0.25, -0.2) is 4.79 Å². The van der Waals surface area contributed by atoms with Crippen LogP contribution in [0.2, 0.25) is 0 Å². The van der Waals surface area contributed by atoms with E-state index in [0.29, 0.717) is 11.3 Å². The summed E-state index contributed by atoms with van der Waals surface area (Å²) in [5.41, 5.74) is 7.75. The zero-order valence-electron chi connectivity index (χ0n) is 23.3. The lowest BCUT2D eigenvalue weighted by atomic mass is 9.98. The predicted octanol–water partition coefficient (Wildman–Crippen LogP) is 4.24. The highest BCUT2D eigenvalue weighted by Gasteiger charge is 2.38. The largest absolute Gasteiger partial charge is 0.444 e. The number of para-hydroxylation sites is 1. The Morgan fingerprint density at radius 1 is 1.00 bits per heavy atom. The second-order valence-electron chi connectivity index (χ2n) is 10.5. The van der Waals surface area contributed by atoms with Gasteiger partial charge in [-0.2, -0.15) is 0 Å². The van der Waals surface area contributed by atoms with E-state index in [1.54, 1.807) is 40.7 Å². The lowest BCUT2D eigenvalue weighted by Crippen LogP contribution is -2.55. The Bertz CT molecular complexity index is 1140. The molecule has 0 aliphatic carbocycles. The van der Waals surface area contributed by atoms with Gasteiger partial charge in [0.15, 0.2) is 0 Å². The number of hydrogen-bond donors (Lipinski definition) is 3. The van der Waals surface area contributed by atoms with E-state index >= 15 is 0 Å². The second kappa shape index (κ2) is 13.1. The van der Waals surface area contributed by atoms with Gasteiger partial charge >= 0.3 is 6.09 Å². The number of nitrogens with zero attached hydrogens (tertiary/aromatic N) is 1. The van der Waals surface area contributed by atoms with Gasteiger partial charge in [-0.1, -0.05) is 49.4 Å². The summed E-state index contributed by atoms with van der Waals surface area (Å²) in [5, 5.41) is 5.42. The lowest BCUT2D eigenvalue weighted by molar-refractivity contribution is -0.143. The van der Waals surface area contributed by atoms with Crippen LogP contribution >= 0.6 is 0 Å². The van der Waals surface area contributed by atoms with Crippen molar-refractivity contribution in [3.05, 3.63) is 65.2 Å². The smallest absolute Gasteiger partial charge is 0.408 e. The number of hydrogen-bond acceptors (Lipinski definition) is 5. The minimum absolute atomic E-state index is 0.430. The van der Waals surface area contributed by atoms with Crippen molar-refractivity contribution in [3.8, 4) is 0 Å². The number of rotatable bonds is 10. The van der Waals surface area contributed by atoms with Gasteiger partial charge in [0.1, 0.15) is 17.7 Å². The van der Waals surface area contributed by atoms with E-state index in [1.807, 2.05) is 56.3 Å². The molecule has 0 bridgehead atoms. The first kappa shape index (κ1) is 30.3. The molecular formula is C29H40N4O5. The van der Waals surface area contributed by atoms with Crippen molar-refractivity contribution >= 4 is 29.5 Å². The number of amides is 4. The lowest BCUT2D eigenvalue weighted by Gasteiger charge is -2.37. The number of anilines is 1. The highest BCUT2D eigenvalue weighted by atomic mass is 16.6. The van der Waals surface area contributed by atoms with E-state index in [2.05, 4.69) is 10.6 Å². The van der Waals surface area contributed by atoms with Gasteiger partial charge in [-0.05, 0) is 70.7 Å². The molecule has 0 spiro atoms. The van der Waals surface area contributed by atoms with E-state index in [1.165, 1.54) is 4.90 Å². The molecule has 2 atom stereocenters. The van der Waals surface area contributed by atoms with E-state index in [0.717, 1.165) is 17.5 Å². The van der Waals surface area contributed by atoms with E-state index < -0.39 is 54.0 Å². The summed E-state index contributed by atoms with van der Waals surface area (Å²) in [6.07, 6.45) is -0.510. The summed E-state index contributed by atoms with van der Waals surface area (Å²) >= 11 is 0. The molecule has 2 unspecified atom stereocenters. The number of ether oxygens (including phenoxy) is 1. The third-order valence-corrected chi connectivity index (χ3v) is 5.84. The maximum absolute atomic E-state index is 14.0. The van der Waals surface area contributed by atoms with Crippen LogP contribution in [0.5, 0.6) is 0 Å². The van der Waals surface area contributed by atoms with E-state index in [9.17, 15) is 19.2 Å². The number of carbonyl (C=O) groups is 4. The van der Waals surface area contributed by atoms with E-state index in [4.69, 9.17) is 10.5 Å². The van der Waals surface area contributed by atoms with Crippen LogP contribution < -0.4 is 16.4 Å². The van der Waals surface area contributed by atoms with Crippen molar-refractivity contribution in [2.75, 3.05) is 5.32 Å². The van der Waals surface area contributed by atoms with Crippen LogP contribution in [-0.4, -0.2) is 46.4 Å².